The number of fused-ring (bicyclic) bond motifs is 1. The normalized spacial score (nSPS) is 14.3. The molecular formula is C17H17I2N5OS. The lowest BCUT2D eigenvalue weighted by molar-refractivity contribution is 0.287. The van der Waals surface area contributed by atoms with Gasteiger partial charge in [0.1, 0.15) is 23.4 Å². The number of benzene rings is 1. The third-order valence-electron chi connectivity index (χ3n) is 4.02. The van der Waals surface area contributed by atoms with E-state index in [1.807, 2.05) is 0 Å². The van der Waals surface area contributed by atoms with Crippen LogP contribution in [-0.2, 0) is 12.0 Å². The van der Waals surface area contributed by atoms with Crippen LogP contribution in [0, 0.1) is 7.14 Å². The van der Waals surface area contributed by atoms with Gasteiger partial charge in [-0.15, -0.1) is 0 Å². The number of nitrogens with zero attached hydrogens (tertiary/aromatic N) is 5. The average molecular weight is 593 g/mol. The van der Waals surface area contributed by atoms with Crippen molar-refractivity contribution in [2.75, 3.05) is 11.6 Å². The molecule has 0 aliphatic carbocycles. The number of halogens is 2. The van der Waals surface area contributed by atoms with Gasteiger partial charge in [0.2, 0.25) is 0 Å². The van der Waals surface area contributed by atoms with Gasteiger partial charge in [-0.2, -0.15) is 5.10 Å². The lowest BCUT2D eigenvalue weighted by atomic mass is 9.92. The summed E-state index contributed by atoms with van der Waals surface area (Å²) in [6.45, 7) is 7.78. The molecule has 1 aliphatic heterocycles. The summed E-state index contributed by atoms with van der Waals surface area (Å²) in [5, 5.41) is 6.25. The van der Waals surface area contributed by atoms with Crippen molar-refractivity contribution in [2.45, 2.75) is 32.7 Å². The highest BCUT2D eigenvalue weighted by Crippen LogP contribution is 2.39. The van der Waals surface area contributed by atoms with Crippen LogP contribution in [0.15, 0.2) is 24.8 Å². The van der Waals surface area contributed by atoms with E-state index in [1.165, 1.54) is 9.13 Å². The van der Waals surface area contributed by atoms with E-state index in [4.69, 9.17) is 9.72 Å². The molecule has 136 valence electrons. The monoisotopic (exact) mass is 593 g/mol. The highest BCUT2D eigenvalue weighted by Gasteiger charge is 2.29. The second kappa shape index (κ2) is 6.89. The average Bonchev–Trinajstić information content (AvgIpc) is 3.23. The summed E-state index contributed by atoms with van der Waals surface area (Å²) in [6, 6.07) is 4.32. The summed E-state index contributed by atoms with van der Waals surface area (Å²) in [4.78, 5) is 11.2. The molecule has 0 unspecified atom stereocenters. The second-order valence-corrected chi connectivity index (χ2v) is 10.5. The van der Waals surface area contributed by atoms with E-state index in [1.54, 1.807) is 28.7 Å². The summed E-state index contributed by atoms with van der Waals surface area (Å²) >= 11 is 6.31. The molecule has 3 heterocycles. The third-order valence-corrected chi connectivity index (χ3v) is 6.55. The lowest BCUT2D eigenvalue weighted by Gasteiger charge is -2.29. The number of anilines is 1. The van der Waals surface area contributed by atoms with Crippen molar-refractivity contribution < 1.29 is 4.74 Å². The molecule has 1 aromatic carbocycles. The summed E-state index contributed by atoms with van der Waals surface area (Å²) in [6.07, 6.45) is 3.27. The van der Waals surface area contributed by atoms with E-state index in [-0.39, 0.29) is 5.41 Å². The predicted octanol–water partition coefficient (Wildman–Crippen LogP) is 4.59. The van der Waals surface area contributed by atoms with Crippen LogP contribution in [0.2, 0.25) is 0 Å². The molecule has 0 saturated carbocycles. The number of hydrogen-bond donors (Lipinski definition) is 0. The zero-order valence-corrected chi connectivity index (χ0v) is 19.7. The molecule has 26 heavy (non-hydrogen) atoms. The Hall–Kier alpha value is -0.950. The smallest absolute Gasteiger partial charge is 0.190 e. The zero-order chi connectivity index (χ0) is 18.5. The van der Waals surface area contributed by atoms with Crippen LogP contribution in [0.1, 0.15) is 32.0 Å². The van der Waals surface area contributed by atoms with Crippen LogP contribution in [0.3, 0.4) is 0 Å². The summed E-state index contributed by atoms with van der Waals surface area (Å²) in [7, 11) is 0. The van der Waals surface area contributed by atoms with Gasteiger partial charge < -0.3 is 9.64 Å². The van der Waals surface area contributed by atoms with Gasteiger partial charge in [0, 0.05) is 14.5 Å². The van der Waals surface area contributed by atoms with Crippen molar-refractivity contribution in [3.8, 4) is 10.8 Å². The van der Waals surface area contributed by atoms with Crippen LogP contribution in [-0.4, -0.2) is 26.5 Å². The van der Waals surface area contributed by atoms with E-state index < -0.39 is 0 Å². The standard InChI is InChI=1S/C17H17I2N5OS/c1-17(2,3)14-15(24-8-20-7-21-24)26-16(22-14)23-6-10-4-11(18)5-12(19)13(10)25-9-23/h4-5,7-8H,6,9H2,1-3H3. The summed E-state index contributed by atoms with van der Waals surface area (Å²) in [5.74, 6) is 0.992. The van der Waals surface area contributed by atoms with Crippen LogP contribution < -0.4 is 9.64 Å². The first-order chi connectivity index (χ1) is 12.3. The molecule has 0 atom stereocenters. The van der Waals surface area contributed by atoms with Crippen LogP contribution in [0.5, 0.6) is 5.75 Å². The maximum atomic E-state index is 6.05. The fourth-order valence-electron chi connectivity index (χ4n) is 2.80. The van der Waals surface area contributed by atoms with Crippen molar-refractivity contribution >= 4 is 61.7 Å². The Kier molecular flexibility index (Phi) is 4.88. The molecule has 9 heteroatoms. The Bertz CT molecular complexity index is 949. The molecule has 3 aromatic rings. The second-order valence-electron chi connectivity index (χ2n) is 7.09. The first-order valence-electron chi connectivity index (χ1n) is 8.05. The number of ether oxygens (including phenoxy) is 1. The molecule has 1 aliphatic rings. The topological polar surface area (TPSA) is 56.1 Å². The Balaban J connectivity index is 1.73. The lowest BCUT2D eigenvalue weighted by Crippen LogP contribution is -2.32. The molecular weight excluding hydrogens is 576 g/mol. The van der Waals surface area contributed by atoms with E-state index in [0.717, 1.165) is 31.7 Å². The van der Waals surface area contributed by atoms with Crippen molar-refractivity contribution in [3.05, 3.63) is 43.2 Å². The van der Waals surface area contributed by atoms with Gasteiger partial charge in [-0.25, -0.2) is 14.6 Å². The van der Waals surface area contributed by atoms with Crippen molar-refractivity contribution in [2.24, 2.45) is 0 Å². The van der Waals surface area contributed by atoms with Gasteiger partial charge >= 0.3 is 0 Å². The van der Waals surface area contributed by atoms with Crippen molar-refractivity contribution in [1.29, 1.82) is 0 Å². The highest BCUT2D eigenvalue weighted by molar-refractivity contribution is 14.1. The van der Waals surface area contributed by atoms with Crippen LogP contribution >= 0.6 is 56.5 Å². The molecule has 0 radical (unpaired) electrons. The van der Waals surface area contributed by atoms with E-state index in [0.29, 0.717) is 6.73 Å². The van der Waals surface area contributed by atoms with Gasteiger partial charge in [-0.1, -0.05) is 32.1 Å². The molecule has 0 fully saturated rings. The zero-order valence-electron chi connectivity index (χ0n) is 14.5. The minimum atomic E-state index is -0.0880. The Morgan fingerprint density at radius 2 is 2.04 bits per heavy atom. The minimum Gasteiger partial charge on any atom is -0.472 e. The number of hydrogen-bond acceptors (Lipinski definition) is 6. The maximum Gasteiger partial charge on any atom is 0.190 e. The predicted molar refractivity (Wildman–Crippen MR) is 119 cm³/mol. The molecule has 0 saturated heterocycles. The molecule has 2 aromatic heterocycles. The Morgan fingerprint density at radius 1 is 1.23 bits per heavy atom. The van der Waals surface area contributed by atoms with Gasteiger partial charge in [0.05, 0.1) is 15.8 Å². The van der Waals surface area contributed by atoms with E-state index in [9.17, 15) is 0 Å². The first-order valence-corrected chi connectivity index (χ1v) is 11.0. The third kappa shape index (κ3) is 3.44. The SMILES string of the molecule is CC(C)(C)c1nc(N2COc3c(I)cc(I)cc3C2)sc1-n1cncn1. The highest BCUT2D eigenvalue weighted by atomic mass is 127. The van der Waals surface area contributed by atoms with Crippen LogP contribution in [0.25, 0.3) is 5.00 Å². The molecule has 0 N–H and O–H groups in total. The van der Waals surface area contributed by atoms with Gasteiger partial charge in [-0.3, -0.25) is 0 Å². The maximum absolute atomic E-state index is 6.05. The molecule has 0 amide bonds. The molecule has 0 spiro atoms. The number of thiazole rings is 1. The number of aromatic nitrogens is 4. The van der Waals surface area contributed by atoms with Crippen LogP contribution in [0.4, 0.5) is 5.13 Å². The fourth-order valence-corrected chi connectivity index (χ4v) is 6.12. The van der Waals surface area contributed by atoms with Gasteiger partial charge in [-0.05, 0) is 57.3 Å². The van der Waals surface area contributed by atoms with E-state index >= 15 is 0 Å². The van der Waals surface area contributed by atoms with E-state index in [2.05, 4.69) is 93.1 Å². The van der Waals surface area contributed by atoms with Gasteiger partial charge in [0.15, 0.2) is 11.9 Å². The van der Waals surface area contributed by atoms with Gasteiger partial charge in [0.25, 0.3) is 0 Å². The fraction of sp³-hybridized carbons (Fsp3) is 0.353. The van der Waals surface area contributed by atoms with Crippen molar-refractivity contribution in [3.63, 3.8) is 0 Å². The quantitative estimate of drug-likeness (QED) is 0.408. The molecule has 4 rings (SSSR count). The Labute approximate surface area is 183 Å². The first kappa shape index (κ1) is 18.4. The summed E-state index contributed by atoms with van der Waals surface area (Å²) in [5.41, 5.74) is 2.13. The molecule has 6 nitrogen and oxygen atoms in total. The summed E-state index contributed by atoms with van der Waals surface area (Å²) < 4.78 is 10.2. The largest absolute Gasteiger partial charge is 0.472 e. The minimum absolute atomic E-state index is 0.0880. The number of rotatable bonds is 2. The Morgan fingerprint density at radius 3 is 2.73 bits per heavy atom. The van der Waals surface area contributed by atoms with Crippen molar-refractivity contribution in [1.82, 2.24) is 19.7 Å². The molecule has 0 bridgehead atoms.